The van der Waals surface area contributed by atoms with Gasteiger partial charge in [-0.05, 0) is 42.2 Å². The number of anilines is 1. The Hall–Kier alpha value is -2.36. The molecule has 2 rings (SSSR count). The van der Waals surface area contributed by atoms with Gasteiger partial charge in [0.1, 0.15) is 11.6 Å². The van der Waals surface area contributed by atoms with Crippen LogP contribution in [-0.2, 0) is 13.0 Å². The molecule has 0 unspecified atom stereocenters. The van der Waals surface area contributed by atoms with E-state index in [0.717, 1.165) is 23.6 Å². The molecule has 0 aliphatic rings. The van der Waals surface area contributed by atoms with E-state index in [1.807, 2.05) is 36.7 Å². The summed E-state index contributed by atoms with van der Waals surface area (Å²) in [6.45, 7) is 4.96. The first kappa shape index (κ1) is 16.0. The van der Waals surface area contributed by atoms with Gasteiger partial charge in [0.15, 0.2) is 0 Å². The average molecular weight is 297 g/mol. The Balaban J connectivity index is 2.21. The van der Waals surface area contributed by atoms with Gasteiger partial charge in [-0.1, -0.05) is 19.1 Å². The summed E-state index contributed by atoms with van der Waals surface area (Å²) in [5.41, 5.74) is 4.75. The van der Waals surface area contributed by atoms with Crippen LogP contribution in [0.4, 0.5) is 5.82 Å². The Morgan fingerprint density at radius 2 is 2.00 bits per heavy atom. The molecule has 1 aromatic carbocycles. The number of nitrogens with zero attached hydrogens (tertiary/aromatic N) is 2. The number of benzene rings is 1. The van der Waals surface area contributed by atoms with E-state index in [2.05, 4.69) is 29.1 Å². The molecule has 0 saturated carbocycles. The maximum absolute atomic E-state index is 5.18. The smallest absolute Gasteiger partial charge is 0.135 e. The third kappa shape index (κ3) is 3.64. The number of aromatic nitrogens is 1. The highest BCUT2D eigenvalue weighted by Gasteiger charge is 2.09. The second kappa shape index (κ2) is 7.59. The molecule has 0 saturated heterocycles. The van der Waals surface area contributed by atoms with Crippen molar-refractivity contribution in [2.75, 3.05) is 19.5 Å². The lowest BCUT2D eigenvalue weighted by molar-refractivity contribution is 0.414. The van der Waals surface area contributed by atoms with Crippen LogP contribution in [0.25, 0.3) is 0 Å². The number of hydrogen-bond acceptors (Lipinski definition) is 4. The minimum Gasteiger partial charge on any atom is -0.497 e. The van der Waals surface area contributed by atoms with Gasteiger partial charge in [-0.15, -0.1) is 0 Å². The predicted octanol–water partition coefficient (Wildman–Crippen LogP) is 3.62. The van der Waals surface area contributed by atoms with Gasteiger partial charge in [-0.3, -0.25) is 4.99 Å². The maximum Gasteiger partial charge on any atom is 0.135 e. The lowest BCUT2D eigenvalue weighted by Crippen LogP contribution is -2.08. The summed E-state index contributed by atoms with van der Waals surface area (Å²) in [5, 5.41) is 3.41. The molecule has 0 aliphatic carbocycles. The summed E-state index contributed by atoms with van der Waals surface area (Å²) in [5.74, 6) is 1.74. The van der Waals surface area contributed by atoms with E-state index in [9.17, 15) is 0 Å². The van der Waals surface area contributed by atoms with E-state index < -0.39 is 0 Å². The fourth-order valence-corrected chi connectivity index (χ4v) is 2.47. The highest BCUT2D eigenvalue weighted by Crippen LogP contribution is 2.21. The molecule has 0 spiro atoms. The summed E-state index contributed by atoms with van der Waals surface area (Å²) in [6.07, 6.45) is 4.77. The maximum atomic E-state index is 5.18. The van der Waals surface area contributed by atoms with Crippen LogP contribution in [0.15, 0.2) is 35.5 Å². The molecule has 0 fully saturated rings. The number of ether oxygens (including phenoxy) is 1. The molecule has 4 nitrogen and oxygen atoms in total. The monoisotopic (exact) mass is 297 g/mol. The largest absolute Gasteiger partial charge is 0.497 e. The van der Waals surface area contributed by atoms with Crippen LogP contribution >= 0.6 is 0 Å². The molecule has 0 aliphatic heterocycles. The summed E-state index contributed by atoms with van der Waals surface area (Å²) < 4.78 is 5.18. The SMILES string of the molecule is CCc1c(C)cnc(NCc2ccc(OC)cc2)c1C=NC. The first-order valence-corrected chi connectivity index (χ1v) is 7.47. The molecule has 116 valence electrons. The number of aliphatic imine (C=N–C) groups is 1. The van der Waals surface area contributed by atoms with Crippen molar-refractivity contribution in [3.63, 3.8) is 0 Å². The summed E-state index contributed by atoms with van der Waals surface area (Å²) in [7, 11) is 3.46. The third-order valence-electron chi connectivity index (χ3n) is 3.67. The van der Waals surface area contributed by atoms with Crippen molar-refractivity contribution in [1.29, 1.82) is 0 Å². The second-order valence-electron chi connectivity index (χ2n) is 5.12. The normalized spacial score (nSPS) is 10.9. The van der Waals surface area contributed by atoms with Gasteiger partial charge < -0.3 is 10.1 Å². The number of methoxy groups -OCH3 is 1. The third-order valence-corrected chi connectivity index (χ3v) is 3.67. The molecular weight excluding hydrogens is 274 g/mol. The fraction of sp³-hybridized carbons (Fsp3) is 0.333. The fourth-order valence-electron chi connectivity index (χ4n) is 2.47. The van der Waals surface area contributed by atoms with Crippen LogP contribution in [0.3, 0.4) is 0 Å². The van der Waals surface area contributed by atoms with E-state index in [1.54, 1.807) is 14.2 Å². The van der Waals surface area contributed by atoms with Crippen molar-refractivity contribution in [2.45, 2.75) is 26.8 Å². The number of pyridine rings is 1. The zero-order valence-corrected chi connectivity index (χ0v) is 13.7. The van der Waals surface area contributed by atoms with Crippen LogP contribution in [0, 0.1) is 6.92 Å². The lowest BCUT2D eigenvalue weighted by atomic mass is 10.0. The molecule has 22 heavy (non-hydrogen) atoms. The number of aryl methyl sites for hydroxylation is 1. The molecule has 0 amide bonds. The summed E-state index contributed by atoms with van der Waals surface area (Å²) >= 11 is 0. The van der Waals surface area contributed by atoms with Crippen molar-refractivity contribution in [1.82, 2.24) is 4.98 Å². The first-order chi connectivity index (χ1) is 10.7. The molecule has 0 atom stereocenters. The van der Waals surface area contributed by atoms with Crippen molar-refractivity contribution < 1.29 is 4.74 Å². The summed E-state index contributed by atoms with van der Waals surface area (Å²) in [4.78, 5) is 8.70. The highest BCUT2D eigenvalue weighted by molar-refractivity contribution is 5.88. The Labute approximate surface area is 132 Å². The van der Waals surface area contributed by atoms with Crippen LogP contribution in [0.2, 0.25) is 0 Å². The van der Waals surface area contributed by atoms with Gasteiger partial charge in [0, 0.05) is 31.6 Å². The topological polar surface area (TPSA) is 46.5 Å². The Kier molecular flexibility index (Phi) is 5.53. The van der Waals surface area contributed by atoms with E-state index >= 15 is 0 Å². The first-order valence-electron chi connectivity index (χ1n) is 7.47. The van der Waals surface area contributed by atoms with Gasteiger partial charge in [0.25, 0.3) is 0 Å². The standard InChI is InChI=1S/C18H23N3O/c1-5-16-13(2)10-20-18(17(16)12-19-3)21-11-14-6-8-15(22-4)9-7-14/h6-10,12H,5,11H2,1-4H3,(H,20,21). The van der Waals surface area contributed by atoms with E-state index in [-0.39, 0.29) is 0 Å². The van der Waals surface area contributed by atoms with Crippen molar-refractivity contribution in [2.24, 2.45) is 4.99 Å². The molecule has 2 aromatic rings. The van der Waals surface area contributed by atoms with Crippen molar-refractivity contribution in [3.8, 4) is 5.75 Å². The molecular formula is C18H23N3O. The van der Waals surface area contributed by atoms with Gasteiger partial charge in [-0.2, -0.15) is 0 Å². The van der Waals surface area contributed by atoms with E-state index in [1.165, 1.54) is 16.7 Å². The summed E-state index contributed by atoms with van der Waals surface area (Å²) in [6, 6.07) is 8.03. The number of nitrogens with one attached hydrogen (secondary N) is 1. The zero-order chi connectivity index (χ0) is 15.9. The van der Waals surface area contributed by atoms with E-state index in [0.29, 0.717) is 6.54 Å². The van der Waals surface area contributed by atoms with E-state index in [4.69, 9.17) is 4.74 Å². The molecule has 1 aromatic heterocycles. The Morgan fingerprint density at radius 1 is 1.27 bits per heavy atom. The number of rotatable bonds is 6. The predicted molar refractivity (Wildman–Crippen MR) is 92.2 cm³/mol. The van der Waals surface area contributed by atoms with Crippen molar-refractivity contribution in [3.05, 3.63) is 52.7 Å². The van der Waals surface area contributed by atoms with Gasteiger partial charge >= 0.3 is 0 Å². The minimum atomic E-state index is 0.716. The second-order valence-corrected chi connectivity index (χ2v) is 5.12. The van der Waals surface area contributed by atoms with Gasteiger partial charge in [-0.25, -0.2) is 4.98 Å². The average Bonchev–Trinajstić information content (AvgIpc) is 2.55. The molecule has 0 bridgehead atoms. The van der Waals surface area contributed by atoms with Gasteiger partial charge in [0.05, 0.1) is 7.11 Å². The molecule has 1 N–H and O–H groups in total. The van der Waals surface area contributed by atoms with Crippen LogP contribution < -0.4 is 10.1 Å². The van der Waals surface area contributed by atoms with Crippen LogP contribution in [0.5, 0.6) is 5.75 Å². The molecule has 4 heteroatoms. The minimum absolute atomic E-state index is 0.716. The highest BCUT2D eigenvalue weighted by atomic mass is 16.5. The molecule has 0 radical (unpaired) electrons. The van der Waals surface area contributed by atoms with Crippen molar-refractivity contribution >= 4 is 12.0 Å². The van der Waals surface area contributed by atoms with Crippen LogP contribution in [0.1, 0.15) is 29.2 Å². The quantitative estimate of drug-likeness (QED) is 0.828. The van der Waals surface area contributed by atoms with Crippen LogP contribution in [-0.4, -0.2) is 25.4 Å². The zero-order valence-electron chi connectivity index (χ0n) is 13.7. The Bertz CT molecular complexity index is 648. The Morgan fingerprint density at radius 3 is 2.59 bits per heavy atom. The lowest BCUT2D eigenvalue weighted by Gasteiger charge is -2.14. The number of hydrogen-bond donors (Lipinski definition) is 1. The molecule has 1 heterocycles. The van der Waals surface area contributed by atoms with Gasteiger partial charge in [0.2, 0.25) is 0 Å².